The van der Waals surface area contributed by atoms with Gasteiger partial charge in [-0.3, -0.25) is 14.5 Å². The molecule has 152 valence electrons. The molecule has 4 heterocycles. The van der Waals surface area contributed by atoms with Gasteiger partial charge >= 0.3 is 0 Å². The molecule has 0 aliphatic carbocycles. The minimum Gasteiger partial charge on any atom is -0.368 e. The highest BCUT2D eigenvalue weighted by Gasteiger charge is 2.26. The SMILES string of the molecule is Cn1cc(-c2ccc(C3CN(C(=O)Cn4cnc5ccccc54)CCO3)nc2)cn1. The summed E-state index contributed by atoms with van der Waals surface area (Å²) in [6.07, 6.45) is 7.08. The smallest absolute Gasteiger partial charge is 0.242 e. The van der Waals surface area contributed by atoms with Crippen molar-refractivity contribution in [3.8, 4) is 11.1 Å². The summed E-state index contributed by atoms with van der Waals surface area (Å²) in [5.41, 5.74) is 4.70. The largest absolute Gasteiger partial charge is 0.368 e. The van der Waals surface area contributed by atoms with Gasteiger partial charge in [-0.15, -0.1) is 0 Å². The van der Waals surface area contributed by atoms with E-state index in [9.17, 15) is 4.79 Å². The summed E-state index contributed by atoms with van der Waals surface area (Å²) in [5, 5.41) is 4.20. The summed E-state index contributed by atoms with van der Waals surface area (Å²) in [5.74, 6) is 0.0541. The molecule has 3 aromatic heterocycles. The van der Waals surface area contributed by atoms with Crippen LogP contribution in [0.25, 0.3) is 22.2 Å². The number of ether oxygens (including phenoxy) is 1. The Labute approximate surface area is 173 Å². The van der Waals surface area contributed by atoms with Gasteiger partial charge in [0.15, 0.2) is 0 Å². The number of aryl methyl sites for hydroxylation is 1. The number of fused-ring (bicyclic) bond motifs is 1. The first kappa shape index (κ1) is 18.5. The van der Waals surface area contributed by atoms with Crippen LogP contribution in [0.4, 0.5) is 0 Å². The Kier molecular flexibility index (Phi) is 4.76. The van der Waals surface area contributed by atoms with E-state index >= 15 is 0 Å². The molecule has 1 atom stereocenters. The Bertz CT molecular complexity index is 1180. The zero-order valence-corrected chi connectivity index (χ0v) is 16.7. The fourth-order valence-corrected chi connectivity index (χ4v) is 3.77. The Balaban J connectivity index is 1.28. The van der Waals surface area contributed by atoms with Gasteiger partial charge in [0.1, 0.15) is 12.6 Å². The number of rotatable bonds is 4. The van der Waals surface area contributed by atoms with Crippen LogP contribution in [0.5, 0.6) is 0 Å². The van der Waals surface area contributed by atoms with Gasteiger partial charge < -0.3 is 14.2 Å². The number of hydrogen-bond acceptors (Lipinski definition) is 5. The Morgan fingerprint density at radius 2 is 2.03 bits per heavy atom. The number of hydrogen-bond donors (Lipinski definition) is 0. The molecule has 1 saturated heterocycles. The van der Waals surface area contributed by atoms with E-state index in [0.717, 1.165) is 27.9 Å². The van der Waals surface area contributed by atoms with Crippen LogP contribution < -0.4 is 0 Å². The van der Waals surface area contributed by atoms with Crippen LogP contribution in [0.2, 0.25) is 0 Å². The van der Waals surface area contributed by atoms with Crippen molar-refractivity contribution in [1.82, 2.24) is 29.2 Å². The first-order chi connectivity index (χ1) is 14.7. The number of nitrogens with zero attached hydrogens (tertiary/aromatic N) is 6. The van der Waals surface area contributed by atoms with E-state index in [1.54, 1.807) is 11.0 Å². The highest BCUT2D eigenvalue weighted by atomic mass is 16.5. The lowest BCUT2D eigenvalue weighted by Gasteiger charge is -2.32. The number of benzene rings is 1. The minimum absolute atomic E-state index is 0.0541. The minimum atomic E-state index is -0.231. The summed E-state index contributed by atoms with van der Waals surface area (Å²) in [6.45, 7) is 1.83. The lowest BCUT2D eigenvalue weighted by atomic mass is 10.1. The topological polar surface area (TPSA) is 78.1 Å². The van der Waals surface area contributed by atoms with Crippen molar-refractivity contribution in [3.05, 3.63) is 67.0 Å². The molecular weight excluding hydrogens is 380 g/mol. The summed E-state index contributed by atoms with van der Waals surface area (Å²) >= 11 is 0. The second-order valence-electron chi connectivity index (χ2n) is 7.43. The van der Waals surface area contributed by atoms with Gasteiger partial charge in [0, 0.05) is 37.1 Å². The van der Waals surface area contributed by atoms with E-state index in [0.29, 0.717) is 19.7 Å². The summed E-state index contributed by atoms with van der Waals surface area (Å²) in [7, 11) is 1.89. The molecule has 8 nitrogen and oxygen atoms in total. The number of carbonyl (C=O) groups excluding carboxylic acids is 1. The first-order valence-corrected chi connectivity index (χ1v) is 9.91. The Morgan fingerprint density at radius 3 is 2.83 bits per heavy atom. The zero-order valence-electron chi connectivity index (χ0n) is 16.7. The van der Waals surface area contributed by atoms with Crippen LogP contribution in [-0.2, 0) is 23.1 Å². The quantitative estimate of drug-likeness (QED) is 0.524. The van der Waals surface area contributed by atoms with Crippen LogP contribution >= 0.6 is 0 Å². The standard InChI is InChI=1S/C22H22N6O2/c1-26-12-17(11-25-26)16-6-7-19(23-10-16)21-13-27(8-9-30-21)22(29)14-28-15-24-18-4-2-3-5-20(18)28/h2-7,10-12,15,21H,8-9,13-14H2,1H3. The predicted molar refractivity (Wildman–Crippen MR) is 111 cm³/mol. The molecule has 0 radical (unpaired) electrons. The average Bonchev–Trinajstić information content (AvgIpc) is 3.40. The molecular formula is C22H22N6O2. The summed E-state index contributed by atoms with van der Waals surface area (Å²) < 4.78 is 9.56. The second kappa shape index (κ2) is 7.72. The third-order valence-corrected chi connectivity index (χ3v) is 5.41. The molecule has 30 heavy (non-hydrogen) atoms. The monoisotopic (exact) mass is 402 g/mol. The van der Waals surface area contributed by atoms with Crippen molar-refractivity contribution in [2.45, 2.75) is 12.6 Å². The molecule has 8 heteroatoms. The number of imidazole rings is 1. The number of morpholine rings is 1. The van der Waals surface area contributed by atoms with E-state index in [2.05, 4.69) is 15.1 Å². The van der Waals surface area contributed by atoms with Crippen molar-refractivity contribution in [2.75, 3.05) is 19.7 Å². The molecule has 0 N–H and O–H groups in total. The zero-order chi connectivity index (χ0) is 20.5. The van der Waals surface area contributed by atoms with E-state index in [1.165, 1.54) is 0 Å². The molecule has 0 saturated carbocycles. The third-order valence-electron chi connectivity index (χ3n) is 5.41. The van der Waals surface area contributed by atoms with E-state index in [4.69, 9.17) is 4.74 Å². The molecule has 1 amide bonds. The second-order valence-corrected chi connectivity index (χ2v) is 7.43. The third kappa shape index (κ3) is 3.57. The average molecular weight is 402 g/mol. The molecule has 1 aliphatic rings. The van der Waals surface area contributed by atoms with Crippen LogP contribution in [-0.4, -0.2) is 54.8 Å². The number of amides is 1. The maximum atomic E-state index is 12.9. The van der Waals surface area contributed by atoms with Crippen LogP contribution in [0, 0.1) is 0 Å². The maximum absolute atomic E-state index is 12.9. The lowest BCUT2D eigenvalue weighted by Crippen LogP contribution is -2.43. The van der Waals surface area contributed by atoms with E-state index < -0.39 is 0 Å². The van der Waals surface area contributed by atoms with Crippen molar-refractivity contribution < 1.29 is 9.53 Å². The van der Waals surface area contributed by atoms with Crippen molar-refractivity contribution in [1.29, 1.82) is 0 Å². The fraction of sp³-hybridized carbons (Fsp3) is 0.273. The first-order valence-electron chi connectivity index (χ1n) is 9.91. The van der Waals surface area contributed by atoms with Crippen molar-refractivity contribution in [3.63, 3.8) is 0 Å². The molecule has 1 fully saturated rings. The van der Waals surface area contributed by atoms with E-state index in [-0.39, 0.29) is 18.6 Å². The van der Waals surface area contributed by atoms with Crippen LogP contribution in [0.15, 0.2) is 61.3 Å². The number of aromatic nitrogens is 5. The molecule has 0 spiro atoms. The molecule has 4 aromatic rings. The molecule has 1 unspecified atom stereocenters. The van der Waals surface area contributed by atoms with Crippen LogP contribution in [0.3, 0.4) is 0 Å². The fourth-order valence-electron chi connectivity index (χ4n) is 3.77. The van der Waals surface area contributed by atoms with Gasteiger partial charge in [-0.2, -0.15) is 5.10 Å². The van der Waals surface area contributed by atoms with E-state index in [1.807, 2.05) is 71.5 Å². The van der Waals surface area contributed by atoms with Gasteiger partial charge in [0.25, 0.3) is 0 Å². The number of pyridine rings is 1. The normalized spacial score (nSPS) is 16.8. The Hall–Kier alpha value is -3.52. The Morgan fingerprint density at radius 1 is 1.13 bits per heavy atom. The molecule has 1 aromatic carbocycles. The van der Waals surface area contributed by atoms with Crippen molar-refractivity contribution in [2.24, 2.45) is 7.05 Å². The van der Waals surface area contributed by atoms with Crippen molar-refractivity contribution >= 4 is 16.9 Å². The molecule has 5 rings (SSSR count). The molecule has 0 bridgehead atoms. The van der Waals surface area contributed by atoms with Gasteiger partial charge in [-0.1, -0.05) is 18.2 Å². The van der Waals surface area contributed by atoms with Gasteiger partial charge in [-0.05, 0) is 18.2 Å². The number of para-hydroxylation sites is 2. The highest BCUT2D eigenvalue weighted by molar-refractivity contribution is 5.80. The molecule has 1 aliphatic heterocycles. The lowest BCUT2D eigenvalue weighted by molar-refractivity contribution is -0.139. The van der Waals surface area contributed by atoms with Crippen LogP contribution in [0.1, 0.15) is 11.8 Å². The number of carbonyl (C=O) groups is 1. The summed E-state index contributed by atoms with van der Waals surface area (Å²) in [4.78, 5) is 23.7. The predicted octanol–water partition coefficient (Wildman–Crippen LogP) is 2.43. The van der Waals surface area contributed by atoms with Gasteiger partial charge in [0.05, 0.1) is 42.4 Å². The summed E-state index contributed by atoms with van der Waals surface area (Å²) in [6, 6.07) is 11.8. The highest BCUT2D eigenvalue weighted by Crippen LogP contribution is 2.24. The maximum Gasteiger partial charge on any atom is 0.242 e. The van der Waals surface area contributed by atoms with Gasteiger partial charge in [-0.25, -0.2) is 4.98 Å². The van der Waals surface area contributed by atoms with Gasteiger partial charge in [0.2, 0.25) is 5.91 Å².